The van der Waals surface area contributed by atoms with Crippen molar-refractivity contribution in [3.8, 4) is 0 Å². The number of hydrogen-bond donors (Lipinski definition) is 0. The van der Waals surface area contributed by atoms with Crippen LogP contribution in [0.5, 0.6) is 0 Å². The highest BCUT2D eigenvalue weighted by atomic mass is 19.4. The molecule has 0 saturated carbocycles. The first-order valence-electron chi connectivity index (χ1n) is 13.5. The summed E-state index contributed by atoms with van der Waals surface area (Å²) in [6.45, 7) is 0.00171. The maximum absolute atomic E-state index is 14.0. The summed E-state index contributed by atoms with van der Waals surface area (Å²) in [4.78, 5) is 10.7. The van der Waals surface area contributed by atoms with Gasteiger partial charge in [0.1, 0.15) is 0 Å². The molecule has 0 bridgehead atoms. The van der Waals surface area contributed by atoms with Gasteiger partial charge in [0.25, 0.3) is 0 Å². The van der Waals surface area contributed by atoms with Gasteiger partial charge < -0.3 is 4.74 Å². The van der Waals surface area contributed by atoms with E-state index in [0.717, 1.165) is 0 Å². The molecule has 0 unspecified atom stereocenters. The minimum atomic E-state index is -10.5. The van der Waals surface area contributed by atoms with Crippen LogP contribution in [-0.2, 0) is 9.53 Å². The van der Waals surface area contributed by atoms with Crippen molar-refractivity contribution in [3.05, 3.63) is 12.7 Å². The Bertz CT molecular complexity index is 1640. The van der Waals surface area contributed by atoms with Crippen molar-refractivity contribution < 1.29 is 172 Å². The molecule has 0 aliphatic heterocycles. The van der Waals surface area contributed by atoms with Crippen molar-refractivity contribution in [2.45, 2.75) is 113 Å². The highest BCUT2D eigenvalue weighted by Gasteiger charge is 3.02. The summed E-state index contributed by atoms with van der Waals surface area (Å²) in [6, 6.07) is 0. The highest BCUT2D eigenvalue weighted by Crippen LogP contribution is 2.70. The van der Waals surface area contributed by atoms with Gasteiger partial charge in [-0.15, -0.1) is 0 Å². The van der Waals surface area contributed by atoms with Crippen LogP contribution in [0, 0.1) is 0 Å². The molecule has 2 nitrogen and oxygen atoms in total. The molecule has 0 aromatic carbocycles. The summed E-state index contributed by atoms with van der Waals surface area (Å²) < 4.78 is 508. The minimum absolute atomic E-state index is 0.0968. The molecule has 0 fully saturated rings. The summed E-state index contributed by atoms with van der Waals surface area (Å²) in [5.74, 6) is -168. The first-order chi connectivity index (χ1) is 26.2. The Morgan fingerprint density at radius 1 is 0.306 bits per heavy atom. The molecule has 0 radical (unpaired) electrons. The van der Waals surface area contributed by atoms with Crippen molar-refractivity contribution in [2.24, 2.45) is 0 Å². The van der Waals surface area contributed by atoms with Gasteiger partial charge in [0, 0.05) is 6.08 Å². The molecule has 0 N–H and O–H groups in total. The summed E-state index contributed by atoms with van der Waals surface area (Å²) in [7, 11) is 0. The average molecular weight is 1020 g/mol. The lowest BCUT2D eigenvalue weighted by Gasteiger charge is -2.47. The molecule has 0 aromatic heterocycles. The molecule has 0 amide bonds. The Morgan fingerprint density at radius 2 is 0.468 bits per heavy atom. The number of alkyl halides is 37. The largest absolute Gasteiger partial charge is 0.462 e. The van der Waals surface area contributed by atoms with Crippen molar-refractivity contribution in [2.75, 3.05) is 6.61 Å². The standard InChI is InChI=1S/C23H7F37O2/c1-2-5(61)62-4-3-6(24,25)7(26,27)8(28,29)9(30,31)10(32,33)11(34,35)12(36,37)13(38,39)14(40,41)15(42,43)16(44,45)17(46,47)18(48,49)19(50,51)20(52,53)21(54,55)22(56,57)23(58,59)60/h2H,1,3-4H2. The molecule has 0 heterocycles. The lowest BCUT2D eigenvalue weighted by Crippen LogP contribution is -2.80. The first kappa shape index (κ1) is 58.6. The Kier molecular flexibility index (Phi) is 14.0. The Hall–Kier alpha value is -3.38. The van der Waals surface area contributed by atoms with Gasteiger partial charge in [0.15, 0.2) is 0 Å². The number of esters is 1. The molecule has 0 aliphatic carbocycles. The van der Waals surface area contributed by atoms with E-state index in [4.69, 9.17) is 0 Å². The second-order valence-corrected chi connectivity index (χ2v) is 11.5. The predicted octanol–water partition coefficient (Wildman–Crippen LogP) is 12.5. The summed E-state index contributed by atoms with van der Waals surface area (Å²) >= 11 is 0. The van der Waals surface area contributed by atoms with Gasteiger partial charge >= 0.3 is 113 Å². The summed E-state index contributed by atoms with van der Waals surface area (Å²) in [5, 5.41) is 0. The Morgan fingerprint density at radius 3 is 0.629 bits per heavy atom. The molecule has 62 heavy (non-hydrogen) atoms. The Labute approximate surface area is 311 Å². The van der Waals surface area contributed by atoms with E-state index in [1.807, 2.05) is 0 Å². The lowest BCUT2D eigenvalue weighted by molar-refractivity contribution is -0.493. The molecular weight excluding hydrogens is 1010 g/mol. The lowest BCUT2D eigenvalue weighted by atomic mass is 9.82. The van der Waals surface area contributed by atoms with Gasteiger partial charge in [0.05, 0.1) is 13.0 Å². The Balaban J connectivity index is 7.76. The fourth-order valence-electron chi connectivity index (χ4n) is 3.66. The van der Waals surface area contributed by atoms with Crippen LogP contribution in [0.4, 0.5) is 162 Å². The summed E-state index contributed by atoms with van der Waals surface area (Å²) in [6.07, 6.45) is -12.0. The quantitative estimate of drug-likeness (QED) is 0.0690. The zero-order valence-corrected chi connectivity index (χ0v) is 27.0. The van der Waals surface area contributed by atoms with E-state index in [9.17, 15) is 167 Å². The van der Waals surface area contributed by atoms with E-state index in [1.54, 1.807) is 0 Å². The van der Waals surface area contributed by atoms with Crippen LogP contribution in [0.15, 0.2) is 12.7 Å². The maximum atomic E-state index is 14.0. The van der Waals surface area contributed by atoms with Crippen molar-refractivity contribution >= 4 is 5.97 Å². The second kappa shape index (κ2) is 14.8. The van der Waals surface area contributed by atoms with Gasteiger partial charge in [-0.2, -0.15) is 162 Å². The van der Waals surface area contributed by atoms with E-state index >= 15 is 0 Å². The molecule has 0 saturated heterocycles. The molecule has 370 valence electrons. The average Bonchev–Trinajstić information content (AvgIpc) is 3.05. The number of carbonyl (C=O) groups is 1. The molecule has 0 aliphatic rings. The molecule has 0 aromatic rings. The molecular formula is C23H7F37O2. The van der Waals surface area contributed by atoms with Gasteiger partial charge in [-0.3, -0.25) is 0 Å². The van der Waals surface area contributed by atoms with Crippen molar-refractivity contribution in [1.82, 2.24) is 0 Å². The third-order valence-corrected chi connectivity index (χ3v) is 7.56. The monoisotopic (exact) mass is 1020 g/mol. The minimum Gasteiger partial charge on any atom is -0.462 e. The van der Waals surface area contributed by atoms with Gasteiger partial charge in [-0.25, -0.2) is 4.79 Å². The third-order valence-electron chi connectivity index (χ3n) is 7.56. The van der Waals surface area contributed by atoms with Crippen LogP contribution < -0.4 is 0 Å². The molecule has 39 heteroatoms. The number of hydrogen-bond acceptors (Lipinski definition) is 2. The normalized spacial score (nSPS) is 16.7. The third kappa shape index (κ3) is 6.96. The smallest absolute Gasteiger partial charge is 0.460 e. The molecule has 0 spiro atoms. The summed E-state index contributed by atoms with van der Waals surface area (Å²) in [5.41, 5.74) is 0. The van der Waals surface area contributed by atoms with Crippen LogP contribution in [-0.4, -0.2) is 119 Å². The molecule has 0 atom stereocenters. The zero-order valence-electron chi connectivity index (χ0n) is 27.0. The fourth-order valence-corrected chi connectivity index (χ4v) is 3.66. The van der Waals surface area contributed by atoms with E-state index in [-0.39, 0.29) is 6.08 Å². The zero-order chi connectivity index (χ0) is 51.4. The van der Waals surface area contributed by atoms with Gasteiger partial charge in [0.2, 0.25) is 0 Å². The predicted molar refractivity (Wildman–Crippen MR) is 116 cm³/mol. The van der Waals surface area contributed by atoms with E-state index in [0.29, 0.717) is 0 Å². The van der Waals surface area contributed by atoms with Crippen LogP contribution in [0.2, 0.25) is 0 Å². The van der Waals surface area contributed by atoms with E-state index in [1.165, 1.54) is 0 Å². The number of ether oxygens (including phenoxy) is 1. The fraction of sp³-hybridized carbons (Fsp3) is 0.870. The van der Waals surface area contributed by atoms with Crippen molar-refractivity contribution in [3.63, 3.8) is 0 Å². The topological polar surface area (TPSA) is 26.3 Å². The second-order valence-electron chi connectivity index (χ2n) is 11.5. The number of halogens is 37. The van der Waals surface area contributed by atoms with Crippen LogP contribution in [0.1, 0.15) is 6.42 Å². The first-order valence-corrected chi connectivity index (χ1v) is 13.5. The maximum Gasteiger partial charge on any atom is 0.460 e. The highest BCUT2D eigenvalue weighted by molar-refractivity contribution is 5.81. The van der Waals surface area contributed by atoms with Crippen LogP contribution in [0.25, 0.3) is 0 Å². The number of carbonyl (C=O) groups excluding carboxylic acids is 1. The molecule has 0 rings (SSSR count). The van der Waals surface area contributed by atoms with Crippen LogP contribution in [0.3, 0.4) is 0 Å². The van der Waals surface area contributed by atoms with E-state index < -0.39 is 126 Å². The SMILES string of the molecule is C=CC(=O)OCCC(F)(F)C(F)(F)C(F)(F)C(F)(F)C(F)(F)C(F)(F)C(F)(F)C(F)(F)C(F)(F)C(F)(F)C(F)(F)C(F)(F)C(F)(F)C(F)(F)C(F)(F)C(F)(F)C(F)(F)C(F)(F)F. The number of rotatable bonds is 20. The van der Waals surface area contributed by atoms with E-state index in [2.05, 4.69) is 11.3 Å². The van der Waals surface area contributed by atoms with Crippen molar-refractivity contribution in [1.29, 1.82) is 0 Å². The van der Waals surface area contributed by atoms with Crippen LogP contribution >= 0.6 is 0 Å². The van der Waals surface area contributed by atoms with Gasteiger partial charge in [-0.05, 0) is 0 Å². The van der Waals surface area contributed by atoms with Gasteiger partial charge in [-0.1, -0.05) is 6.58 Å².